The predicted molar refractivity (Wildman–Crippen MR) is 190 cm³/mol. The van der Waals surface area contributed by atoms with Gasteiger partial charge in [-0.2, -0.15) is 0 Å². The van der Waals surface area contributed by atoms with E-state index in [0.29, 0.717) is 38.8 Å². The molecule has 2 aliphatic rings. The maximum atomic E-state index is 14.6. The smallest absolute Gasteiger partial charge is 0.407 e. The minimum atomic E-state index is -1.13. The molecule has 1 unspecified atom stereocenters. The van der Waals surface area contributed by atoms with Crippen LogP contribution in [-0.2, 0) is 33.7 Å². The molecule has 11 heteroatoms. The van der Waals surface area contributed by atoms with Gasteiger partial charge in [0.05, 0.1) is 30.8 Å². The van der Waals surface area contributed by atoms with Gasteiger partial charge >= 0.3 is 6.09 Å². The Morgan fingerprint density at radius 1 is 1.02 bits per heavy atom. The number of hydrazine groups is 1. The quantitative estimate of drug-likeness (QED) is 0.194. The molecular weight excluding hydrogens is 688 g/mol. The van der Waals surface area contributed by atoms with Gasteiger partial charge in [0.15, 0.2) is 0 Å². The summed E-state index contributed by atoms with van der Waals surface area (Å²) in [6, 6.07) is 23.8. The molecule has 1 fully saturated rings. The normalized spacial score (nSPS) is 22.6. The summed E-state index contributed by atoms with van der Waals surface area (Å²) < 4.78 is 5.72. The lowest BCUT2D eigenvalue weighted by Gasteiger charge is -2.34. The molecule has 262 valence electrons. The molecular formula is C38H47BrN4O6. The Balaban J connectivity index is 1.40. The van der Waals surface area contributed by atoms with E-state index in [0.717, 1.165) is 26.7 Å². The molecule has 0 spiro atoms. The van der Waals surface area contributed by atoms with E-state index in [4.69, 9.17) is 4.74 Å². The number of amides is 3. The maximum absolute atomic E-state index is 14.6. The van der Waals surface area contributed by atoms with Gasteiger partial charge in [-0.25, -0.2) is 9.80 Å². The Labute approximate surface area is 296 Å². The van der Waals surface area contributed by atoms with Crippen LogP contribution in [0.5, 0.6) is 0 Å². The number of hydrogen-bond donors (Lipinski definition) is 4. The second kappa shape index (κ2) is 15.4. The van der Waals surface area contributed by atoms with Gasteiger partial charge in [0.1, 0.15) is 6.04 Å². The van der Waals surface area contributed by atoms with Gasteiger partial charge in [0.25, 0.3) is 5.91 Å². The molecule has 0 saturated carbocycles. The lowest BCUT2D eigenvalue weighted by Crippen LogP contribution is -2.57. The van der Waals surface area contributed by atoms with Crippen LogP contribution in [0.1, 0.15) is 61.9 Å². The van der Waals surface area contributed by atoms with Gasteiger partial charge in [0.2, 0.25) is 5.91 Å². The summed E-state index contributed by atoms with van der Waals surface area (Å²) in [6.07, 6.45) is -0.824. The van der Waals surface area contributed by atoms with Gasteiger partial charge < -0.3 is 25.2 Å². The highest BCUT2D eigenvalue weighted by Gasteiger charge is 2.56. The van der Waals surface area contributed by atoms with E-state index < -0.39 is 47.1 Å². The molecule has 10 nitrogen and oxygen atoms in total. The number of ether oxygens (including phenoxy) is 1. The van der Waals surface area contributed by atoms with E-state index in [1.165, 1.54) is 7.11 Å². The third kappa shape index (κ3) is 8.34. The molecule has 3 aromatic carbocycles. The van der Waals surface area contributed by atoms with Crippen molar-refractivity contribution in [2.24, 2.45) is 10.8 Å². The van der Waals surface area contributed by atoms with Crippen molar-refractivity contribution in [2.75, 3.05) is 20.2 Å². The zero-order chi connectivity index (χ0) is 35.3. The largest absolute Gasteiger partial charge is 0.453 e. The van der Waals surface area contributed by atoms with Crippen LogP contribution in [0.2, 0.25) is 0 Å². The Morgan fingerprint density at radius 3 is 2.37 bits per heavy atom. The second-order valence-electron chi connectivity index (χ2n) is 14.3. The second-order valence-corrected chi connectivity index (χ2v) is 15.2. The van der Waals surface area contributed by atoms with Crippen molar-refractivity contribution in [1.29, 1.82) is 0 Å². The number of benzene rings is 3. The number of fused-ring (bicyclic) bond motifs is 1. The zero-order valence-corrected chi connectivity index (χ0v) is 30.2. The Bertz CT molecular complexity index is 1610. The Hall–Kier alpha value is -3.77. The van der Waals surface area contributed by atoms with Crippen LogP contribution in [0.15, 0.2) is 83.3 Å². The molecule has 3 aromatic rings. The summed E-state index contributed by atoms with van der Waals surface area (Å²) in [5, 5.41) is 27.4. The van der Waals surface area contributed by atoms with E-state index in [1.54, 1.807) is 9.91 Å². The lowest BCUT2D eigenvalue weighted by atomic mass is 9.74. The number of hydrogen-bond acceptors (Lipinski definition) is 7. The number of aliphatic hydroxyl groups is 2. The SMILES string of the molecule is COC(=O)N[C@H](C(=O)NN(CCC[C@@]1(Cc2ccccc2)C(=O)N(C2c3ccccc3C[C@H]2O)C[C@H]1O)Cc1ccc(Br)cc1)C(C)(C)C. The number of likely N-dealkylation sites (tertiary alicyclic amines) is 1. The van der Waals surface area contributed by atoms with Crippen molar-refractivity contribution in [3.63, 3.8) is 0 Å². The number of carbonyl (C=O) groups is 3. The summed E-state index contributed by atoms with van der Waals surface area (Å²) in [7, 11) is 1.25. The third-order valence-electron chi connectivity index (χ3n) is 9.74. The fraction of sp³-hybridized carbons (Fsp3) is 0.447. The molecule has 0 radical (unpaired) electrons. The van der Waals surface area contributed by atoms with Crippen molar-refractivity contribution >= 4 is 33.8 Å². The third-order valence-corrected chi connectivity index (χ3v) is 10.3. The summed E-state index contributed by atoms with van der Waals surface area (Å²) in [5.74, 6) is -0.575. The monoisotopic (exact) mass is 734 g/mol. The van der Waals surface area contributed by atoms with Gasteiger partial charge in [-0.1, -0.05) is 103 Å². The van der Waals surface area contributed by atoms with E-state index in [-0.39, 0.29) is 12.5 Å². The first-order valence-electron chi connectivity index (χ1n) is 16.8. The number of methoxy groups -OCH3 is 1. The van der Waals surface area contributed by atoms with E-state index >= 15 is 0 Å². The fourth-order valence-corrected chi connectivity index (χ4v) is 7.46. The minimum absolute atomic E-state index is 0.119. The number of halogens is 1. The van der Waals surface area contributed by atoms with Crippen LogP contribution in [0.3, 0.4) is 0 Å². The maximum Gasteiger partial charge on any atom is 0.407 e. The first kappa shape index (κ1) is 36.5. The van der Waals surface area contributed by atoms with E-state index in [2.05, 4.69) is 26.7 Å². The minimum Gasteiger partial charge on any atom is -0.453 e. The Kier molecular flexibility index (Phi) is 11.5. The molecule has 1 saturated heterocycles. The van der Waals surface area contributed by atoms with E-state index in [9.17, 15) is 24.6 Å². The van der Waals surface area contributed by atoms with Crippen molar-refractivity contribution < 1.29 is 29.3 Å². The molecule has 5 atom stereocenters. The van der Waals surface area contributed by atoms with Crippen LogP contribution in [0.4, 0.5) is 4.79 Å². The summed E-state index contributed by atoms with van der Waals surface area (Å²) in [5.41, 5.74) is 5.09. The van der Waals surface area contributed by atoms with Crippen molar-refractivity contribution in [3.8, 4) is 0 Å². The average molecular weight is 736 g/mol. The number of nitrogens with one attached hydrogen (secondary N) is 2. The molecule has 1 aliphatic heterocycles. The molecule has 5 rings (SSSR count). The van der Waals surface area contributed by atoms with Crippen molar-refractivity contribution in [3.05, 3.63) is 106 Å². The van der Waals surface area contributed by atoms with Crippen LogP contribution >= 0.6 is 15.9 Å². The predicted octanol–water partition coefficient (Wildman–Crippen LogP) is 4.92. The number of β-amino-alcohol motifs (C(OH)–C–C–N with tert-alkyl or cyclic N) is 1. The summed E-state index contributed by atoms with van der Waals surface area (Å²) in [4.78, 5) is 42.1. The fourth-order valence-electron chi connectivity index (χ4n) is 7.20. The highest BCUT2D eigenvalue weighted by atomic mass is 79.9. The number of carbonyl (C=O) groups excluding carboxylic acids is 3. The van der Waals surface area contributed by atoms with Gasteiger partial charge in [-0.15, -0.1) is 0 Å². The number of aliphatic hydroxyl groups excluding tert-OH is 2. The molecule has 4 N–H and O–H groups in total. The van der Waals surface area contributed by atoms with Crippen LogP contribution in [-0.4, -0.2) is 76.5 Å². The van der Waals surface area contributed by atoms with Gasteiger partial charge in [0, 0.05) is 30.5 Å². The first-order chi connectivity index (χ1) is 23.3. The van der Waals surface area contributed by atoms with Crippen LogP contribution < -0.4 is 10.7 Å². The van der Waals surface area contributed by atoms with Crippen molar-refractivity contribution in [1.82, 2.24) is 20.7 Å². The van der Waals surface area contributed by atoms with E-state index in [1.807, 2.05) is 99.6 Å². The molecule has 1 heterocycles. The molecule has 0 bridgehead atoms. The van der Waals surface area contributed by atoms with Gasteiger partial charge in [-0.3, -0.25) is 15.0 Å². The number of alkyl carbamates (subject to hydrolysis) is 1. The average Bonchev–Trinajstić information content (AvgIpc) is 3.52. The standard InChI is InChI=1S/C38H47BrN4O6/c1-37(2,3)33(40-36(48)49-4)34(46)41-42(23-26-15-17-28(39)18-16-26)20-10-19-38(22-25-11-6-5-7-12-25)31(45)24-43(35(38)47)32-29-14-9-8-13-27(29)21-30(32)44/h5-9,11-18,30-33,44-45H,10,19-24H2,1-4H3,(H,40,48)(H,41,46)/t30-,31-,32?,33-,38+/m1/s1. The van der Waals surface area contributed by atoms with Crippen LogP contribution in [0.25, 0.3) is 0 Å². The van der Waals surface area contributed by atoms with Gasteiger partial charge in [-0.05, 0) is 59.1 Å². The lowest BCUT2D eigenvalue weighted by molar-refractivity contribution is -0.142. The van der Waals surface area contributed by atoms with Crippen molar-refractivity contribution in [2.45, 2.75) is 77.3 Å². The topological polar surface area (TPSA) is 131 Å². The molecule has 49 heavy (non-hydrogen) atoms. The summed E-state index contributed by atoms with van der Waals surface area (Å²) >= 11 is 3.48. The number of rotatable bonds is 12. The first-order valence-corrected chi connectivity index (χ1v) is 17.5. The highest BCUT2D eigenvalue weighted by molar-refractivity contribution is 9.10. The summed E-state index contributed by atoms with van der Waals surface area (Å²) in [6.45, 7) is 6.43. The molecule has 1 aliphatic carbocycles. The molecule has 3 amide bonds. The highest BCUT2D eigenvalue weighted by Crippen LogP contribution is 2.46. The molecule has 0 aromatic heterocycles. The number of nitrogens with zero attached hydrogens (tertiary/aromatic N) is 2. The van der Waals surface area contributed by atoms with Crippen LogP contribution in [0, 0.1) is 10.8 Å². The zero-order valence-electron chi connectivity index (χ0n) is 28.6. The Morgan fingerprint density at radius 2 is 1.69 bits per heavy atom.